The van der Waals surface area contributed by atoms with Gasteiger partial charge in [-0.1, -0.05) is 5.16 Å². The Morgan fingerprint density at radius 1 is 1.47 bits per heavy atom. The molecule has 0 saturated carbocycles. The number of hydrogen-bond acceptors (Lipinski definition) is 6. The zero-order chi connectivity index (χ0) is 13.2. The molecule has 0 aliphatic carbocycles. The van der Waals surface area contributed by atoms with Crippen molar-refractivity contribution in [3.63, 3.8) is 0 Å². The van der Waals surface area contributed by atoms with E-state index in [-0.39, 0.29) is 0 Å². The number of nitrogens with one attached hydrogen (secondary N) is 1. The minimum atomic E-state index is 0.336. The molecule has 3 aromatic heterocycles. The first-order valence-corrected chi connectivity index (χ1v) is 7.02. The lowest BCUT2D eigenvalue weighted by atomic mass is 10.2. The molecular formula is C12H15N5OS. The lowest BCUT2D eigenvalue weighted by molar-refractivity contribution is 0.376. The molecule has 19 heavy (non-hydrogen) atoms. The van der Waals surface area contributed by atoms with Crippen molar-refractivity contribution in [2.45, 2.75) is 25.8 Å². The first-order chi connectivity index (χ1) is 9.24. The van der Waals surface area contributed by atoms with Gasteiger partial charge in [-0.15, -0.1) is 11.3 Å². The average Bonchev–Trinajstić information content (AvgIpc) is 3.05. The summed E-state index contributed by atoms with van der Waals surface area (Å²) in [5, 5.41) is 9.14. The monoisotopic (exact) mass is 277 g/mol. The standard InChI is InChI=1S/C12H15N5OS/c1-8(13-2)5-10-15-11(18-16-10)6-9-7-17-3-4-19-12(17)14-9/h3-4,7-8,13H,5-6H2,1-2H3. The Labute approximate surface area is 114 Å². The van der Waals surface area contributed by atoms with Crippen LogP contribution >= 0.6 is 11.3 Å². The number of rotatable bonds is 5. The van der Waals surface area contributed by atoms with Crippen molar-refractivity contribution >= 4 is 16.3 Å². The van der Waals surface area contributed by atoms with E-state index in [2.05, 4.69) is 27.4 Å². The molecule has 0 amide bonds. The van der Waals surface area contributed by atoms with Crippen LogP contribution in [0.4, 0.5) is 0 Å². The molecule has 0 saturated heterocycles. The third-order valence-corrected chi connectivity index (χ3v) is 3.74. The van der Waals surface area contributed by atoms with Crippen LogP contribution in [0.2, 0.25) is 0 Å². The van der Waals surface area contributed by atoms with Gasteiger partial charge in [-0.2, -0.15) is 4.98 Å². The smallest absolute Gasteiger partial charge is 0.232 e. The minimum absolute atomic E-state index is 0.336. The Balaban J connectivity index is 1.71. The molecule has 0 bridgehead atoms. The van der Waals surface area contributed by atoms with Crippen LogP contribution in [-0.2, 0) is 12.8 Å². The molecule has 3 rings (SSSR count). The van der Waals surface area contributed by atoms with Gasteiger partial charge in [-0.25, -0.2) is 4.98 Å². The summed E-state index contributed by atoms with van der Waals surface area (Å²) in [4.78, 5) is 9.86. The lowest BCUT2D eigenvalue weighted by Gasteiger charge is -2.04. The predicted molar refractivity (Wildman–Crippen MR) is 72.4 cm³/mol. The fourth-order valence-corrected chi connectivity index (χ4v) is 2.56. The molecule has 0 radical (unpaired) electrons. The normalized spacial score (nSPS) is 13.2. The third kappa shape index (κ3) is 2.66. The van der Waals surface area contributed by atoms with Crippen molar-refractivity contribution in [2.75, 3.05) is 7.05 Å². The van der Waals surface area contributed by atoms with Gasteiger partial charge >= 0.3 is 0 Å². The topological polar surface area (TPSA) is 68.2 Å². The molecule has 3 aromatic rings. The van der Waals surface area contributed by atoms with Gasteiger partial charge in [-0.05, 0) is 14.0 Å². The van der Waals surface area contributed by atoms with Crippen molar-refractivity contribution in [1.82, 2.24) is 24.8 Å². The molecule has 6 nitrogen and oxygen atoms in total. The van der Waals surface area contributed by atoms with Gasteiger partial charge in [0.1, 0.15) is 0 Å². The average molecular weight is 277 g/mol. The highest BCUT2D eigenvalue weighted by Gasteiger charge is 2.11. The molecular weight excluding hydrogens is 262 g/mol. The van der Waals surface area contributed by atoms with Crippen molar-refractivity contribution in [3.05, 3.63) is 35.2 Å². The van der Waals surface area contributed by atoms with E-state index in [4.69, 9.17) is 4.52 Å². The molecule has 7 heteroatoms. The van der Waals surface area contributed by atoms with Crippen LogP contribution in [0.5, 0.6) is 0 Å². The van der Waals surface area contributed by atoms with E-state index in [0.717, 1.165) is 22.9 Å². The van der Waals surface area contributed by atoms with Gasteiger partial charge in [-0.3, -0.25) is 4.40 Å². The van der Waals surface area contributed by atoms with Gasteiger partial charge < -0.3 is 9.84 Å². The van der Waals surface area contributed by atoms with E-state index in [9.17, 15) is 0 Å². The second-order valence-electron chi connectivity index (χ2n) is 4.50. The van der Waals surface area contributed by atoms with Crippen LogP contribution in [0.1, 0.15) is 24.3 Å². The second kappa shape index (κ2) is 5.10. The first-order valence-electron chi connectivity index (χ1n) is 6.14. The highest BCUT2D eigenvalue weighted by Crippen LogP contribution is 2.14. The molecule has 1 N–H and O–H groups in total. The maximum absolute atomic E-state index is 5.25. The van der Waals surface area contributed by atoms with E-state index < -0.39 is 0 Å². The van der Waals surface area contributed by atoms with Crippen LogP contribution in [0.3, 0.4) is 0 Å². The zero-order valence-corrected chi connectivity index (χ0v) is 11.6. The van der Waals surface area contributed by atoms with E-state index >= 15 is 0 Å². The molecule has 100 valence electrons. The fraction of sp³-hybridized carbons (Fsp3) is 0.417. The van der Waals surface area contributed by atoms with Gasteiger partial charge in [0, 0.05) is 30.2 Å². The van der Waals surface area contributed by atoms with Gasteiger partial charge in [0.15, 0.2) is 10.8 Å². The van der Waals surface area contributed by atoms with Gasteiger partial charge in [0.2, 0.25) is 5.89 Å². The summed E-state index contributed by atoms with van der Waals surface area (Å²) in [6.07, 6.45) is 5.32. The number of thiazole rings is 1. The molecule has 0 spiro atoms. The molecule has 1 atom stereocenters. The van der Waals surface area contributed by atoms with Crippen LogP contribution in [0, 0.1) is 0 Å². The molecule has 3 heterocycles. The number of nitrogens with zero attached hydrogens (tertiary/aromatic N) is 4. The first kappa shape index (κ1) is 12.3. The van der Waals surface area contributed by atoms with Crippen molar-refractivity contribution in [3.8, 4) is 0 Å². The Morgan fingerprint density at radius 2 is 2.37 bits per heavy atom. The third-order valence-electron chi connectivity index (χ3n) is 2.97. The number of likely N-dealkylation sites (N-methyl/N-ethyl adjacent to an activating group) is 1. The van der Waals surface area contributed by atoms with E-state index in [1.54, 1.807) is 11.3 Å². The Morgan fingerprint density at radius 3 is 3.16 bits per heavy atom. The van der Waals surface area contributed by atoms with Crippen LogP contribution in [0.25, 0.3) is 4.96 Å². The highest BCUT2D eigenvalue weighted by atomic mass is 32.1. The second-order valence-corrected chi connectivity index (χ2v) is 5.37. The minimum Gasteiger partial charge on any atom is -0.339 e. The van der Waals surface area contributed by atoms with E-state index in [1.807, 2.05) is 29.2 Å². The number of aromatic nitrogens is 4. The van der Waals surface area contributed by atoms with Crippen molar-refractivity contribution in [1.29, 1.82) is 0 Å². The molecule has 0 fully saturated rings. The summed E-state index contributed by atoms with van der Waals surface area (Å²) in [6, 6.07) is 0.336. The maximum Gasteiger partial charge on any atom is 0.232 e. The largest absolute Gasteiger partial charge is 0.339 e. The van der Waals surface area contributed by atoms with Gasteiger partial charge in [0.05, 0.1) is 12.1 Å². The Kier molecular flexibility index (Phi) is 3.31. The van der Waals surface area contributed by atoms with Crippen LogP contribution in [0.15, 0.2) is 22.3 Å². The Bertz CT molecular complexity index is 642. The van der Waals surface area contributed by atoms with Gasteiger partial charge in [0.25, 0.3) is 0 Å². The fourth-order valence-electron chi connectivity index (χ4n) is 1.84. The zero-order valence-electron chi connectivity index (χ0n) is 10.8. The molecule has 0 aliphatic rings. The maximum atomic E-state index is 5.25. The molecule has 0 aliphatic heterocycles. The molecule has 1 unspecified atom stereocenters. The summed E-state index contributed by atoms with van der Waals surface area (Å²) < 4.78 is 7.25. The highest BCUT2D eigenvalue weighted by molar-refractivity contribution is 7.15. The van der Waals surface area contributed by atoms with E-state index in [0.29, 0.717) is 18.4 Å². The van der Waals surface area contributed by atoms with Crippen molar-refractivity contribution in [2.24, 2.45) is 0 Å². The van der Waals surface area contributed by atoms with Crippen LogP contribution in [-0.4, -0.2) is 32.6 Å². The summed E-state index contributed by atoms with van der Waals surface area (Å²) in [7, 11) is 1.92. The number of imidazole rings is 1. The quantitative estimate of drug-likeness (QED) is 0.766. The summed E-state index contributed by atoms with van der Waals surface area (Å²) in [5.41, 5.74) is 0.948. The Hall–Kier alpha value is -1.73. The summed E-state index contributed by atoms with van der Waals surface area (Å²) in [5.74, 6) is 1.35. The summed E-state index contributed by atoms with van der Waals surface area (Å²) in [6.45, 7) is 2.08. The lowest BCUT2D eigenvalue weighted by Crippen LogP contribution is -2.24. The summed E-state index contributed by atoms with van der Waals surface area (Å²) >= 11 is 1.61. The van der Waals surface area contributed by atoms with Crippen LogP contribution < -0.4 is 5.32 Å². The van der Waals surface area contributed by atoms with Crippen molar-refractivity contribution < 1.29 is 4.52 Å². The SMILES string of the molecule is CNC(C)Cc1noc(Cc2cn3ccsc3n2)n1. The predicted octanol–water partition coefficient (Wildman–Crippen LogP) is 1.52. The number of hydrogen-bond donors (Lipinski definition) is 1. The van der Waals surface area contributed by atoms with E-state index in [1.165, 1.54) is 0 Å². The number of fused-ring (bicyclic) bond motifs is 1. The molecule has 0 aromatic carbocycles.